The molecule has 0 spiro atoms. The van der Waals surface area contributed by atoms with Crippen molar-refractivity contribution in [3.05, 3.63) is 51.0 Å². The Balaban J connectivity index is 2.03. The topological polar surface area (TPSA) is 87.7 Å². The van der Waals surface area contributed by atoms with Gasteiger partial charge < -0.3 is 4.98 Å². The van der Waals surface area contributed by atoms with Crippen LogP contribution < -0.4 is 10.7 Å². The molecule has 0 atom stereocenters. The molecule has 1 aromatic carbocycles. The van der Waals surface area contributed by atoms with Crippen molar-refractivity contribution < 1.29 is 9.18 Å². The summed E-state index contributed by atoms with van der Waals surface area (Å²) >= 11 is 1.20. The fourth-order valence-corrected chi connectivity index (χ4v) is 2.48. The van der Waals surface area contributed by atoms with Gasteiger partial charge in [0.05, 0.1) is 5.52 Å². The number of anilines is 1. The number of benzene rings is 1. The van der Waals surface area contributed by atoms with Crippen LogP contribution in [0.5, 0.6) is 0 Å². The number of pyridine rings is 1. The van der Waals surface area contributed by atoms with Crippen molar-refractivity contribution in [2.45, 2.75) is 6.92 Å². The quantitative estimate of drug-likeness (QED) is 0.758. The number of hydrogen-bond donors (Lipinski definition) is 2. The first-order valence-electron chi connectivity index (χ1n) is 5.97. The molecule has 3 aromatic rings. The first-order valence-corrected chi connectivity index (χ1v) is 6.79. The number of aromatic nitrogens is 3. The van der Waals surface area contributed by atoms with Gasteiger partial charge in [0.2, 0.25) is 10.6 Å². The van der Waals surface area contributed by atoms with E-state index in [2.05, 4.69) is 20.5 Å². The molecule has 0 aliphatic carbocycles. The van der Waals surface area contributed by atoms with Crippen molar-refractivity contribution in [3.8, 4) is 0 Å². The number of amides is 1. The van der Waals surface area contributed by atoms with Crippen LogP contribution in [-0.2, 0) is 0 Å². The Hall–Kier alpha value is -2.61. The number of aryl methyl sites for hydroxylation is 1. The first-order chi connectivity index (χ1) is 10.1. The SMILES string of the molecule is Cc1nnc(NC(=O)c2c[nH]c3c(F)cccc3c2=O)s1. The lowest BCUT2D eigenvalue weighted by molar-refractivity contribution is 0.102. The molecular formula is C13H9FN4O2S. The van der Waals surface area contributed by atoms with Crippen molar-refractivity contribution >= 4 is 33.3 Å². The third kappa shape index (κ3) is 2.40. The number of carbonyl (C=O) groups is 1. The second-order valence-corrected chi connectivity index (χ2v) is 5.46. The second kappa shape index (κ2) is 5.06. The van der Waals surface area contributed by atoms with E-state index >= 15 is 0 Å². The van der Waals surface area contributed by atoms with Gasteiger partial charge in [-0.1, -0.05) is 17.4 Å². The minimum atomic E-state index is -0.612. The molecule has 0 aliphatic rings. The zero-order valence-electron chi connectivity index (χ0n) is 10.8. The van der Waals surface area contributed by atoms with E-state index < -0.39 is 17.2 Å². The molecule has 3 rings (SSSR count). The molecule has 8 heteroatoms. The van der Waals surface area contributed by atoms with Crippen LogP contribution in [0.1, 0.15) is 15.4 Å². The largest absolute Gasteiger partial charge is 0.358 e. The summed E-state index contributed by atoms with van der Waals surface area (Å²) in [7, 11) is 0. The number of nitrogens with zero attached hydrogens (tertiary/aromatic N) is 2. The normalized spacial score (nSPS) is 10.8. The average molecular weight is 304 g/mol. The van der Waals surface area contributed by atoms with Gasteiger partial charge in [0.1, 0.15) is 16.4 Å². The minimum Gasteiger partial charge on any atom is -0.358 e. The van der Waals surface area contributed by atoms with Gasteiger partial charge in [0.15, 0.2) is 0 Å². The number of fused-ring (bicyclic) bond motifs is 1. The van der Waals surface area contributed by atoms with Gasteiger partial charge in [0, 0.05) is 11.6 Å². The Bertz CT molecular complexity index is 903. The number of nitrogens with one attached hydrogen (secondary N) is 2. The lowest BCUT2D eigenvalue weighted by Gasteiger charge is -2.03. The van der Waals surface area contributed by atoms with E-state index in [1.54, 1.807) is 6.92 Å². The summed E-state index contributed by atoms with van der Waals surface area (Å²) in [6.45, 7) is 1.75. The maximum absolute atomic E-state index is 13.6. The fraction of sp³-hybridized carbons (Fsp3) is 0.0769. The van der Waals surface area contributed by atoms with Crippen molar-refractivity contribution in [1.82, 2.24) is 15.2 Å². The highest BCUT2D eigenvalue weighted by Gasteiger charge is 2.15. The van der Waals surface area contributed by atoms with Crippen molar-refractivity contribution in [3.63, 3.8) is 0 Å². The van der Waals surface area contributed by atoms with Crippen LogP contribution in [0.4, 0.5) is 9.52 Å². The molecule has 2 aromatic heterocycles. The maximum atomic E-state index is 13.6. The summed E-state index contributed by atoms with van der Waals surface area (Å²) in [5, 5.41) is 11.1. The molecule has 0 bridgehead atoms. The van der Waals surface area contributed by atoms with Gasteiger partial charge >= 0.3 is 0 Å². The van der Waals surface area contributed by atoms with Gasteiger partial charge in [-0.3, -0.25) is 14.9 Å². The molecule has 0 unspecified atom stereocenters. The zero-order chi connectivity index (χ0) is 15.0. The zero-order valence-corrected chi connectivity index (χ0v) is 11.6. The van der Waals surface area contributed by atoms with E-state index in [-0.39, 0.29) is 16.5 Å². The van der Waals surface area contributed by atoms with E-state index in [0.29, 0.717) is 10.1 Å². The number of carbonyl (C=O) groups excluding carboxylic acids is 1. The summed E-state index contributed by atoms with van der Waals surface area (Å²) in [6.07, 6.45) is 1.19. The molecule has 0 fully saturated rings. The van der Waals surface area contributed by atoms with Gasteiger partial charge in [0.25, 0.3) is 5.91 Å². The van der Waals surface area contributed by atoms with Gasteiger partial charge in [-0.2, -0.15) is 0 Å². The molecule has 2 N–H and O–H groups in total. The Labute approximate surface area is 121 Å². The highest BCUT2D eigenvalue weighted by Crippen LogP contribution is 2.15. The van der Waals surface area contributed by atoms with E-state index in [1.807, 2.05) is 0 Å². The third-order valence-corrected chi connectivity index (χ3v) is 3.61. The molecule has 1 amide bonds. The fourth-order valence-electron chi connectivity index (χ4n) is 1.90. The molecular weight excluding hydrogens is 295 g/mol. The van der Waals surface area contributed by atoms with Crippen LogP contribution in [0.15, 0.2) is 29.2 Å². The van der Waals surface area contributed by atoms with E-state index in [4.69, 9.17) is 0 Å². The Kier molecular flexibility index (Phi) is 3.22. The number of halogens is 1. The van der Waals surface area contributed by atoms with E-state index in [0.717, 1.165) is 0 Å². The summed E-state index contributed by atoms with van der Waals surface area (Å²) in [5.74, 6) is -1.16. The van der Waals surface area contributed by atoms with E-state index in [9.17, 15) is 14.0 Å². The van der Waals surface area contributed by atoms with Gasteiger partial charge in [-0.15, -0.1) is 10.2 Å². The molecule has 0 aliphatic heterocycles. The highest BCUT2D eigenvalue weighted by atomic mass is 32.1. The van der Waals surface area contributed by atoms with Crippen LogP contribution in [0, 0.1) is 12.7 Å². The van der Waals surface area contributed by atoms with Crippen molar-refractivity contribution in [2.75, 3.05) is 5.32 Å². The number of rotatable bonds is 2. The number of aromatic amines is 1. The summed E-state index contributed by atoms with van der Waals surface area (Å²) in [5.41, 5.74) is -0.575. The summed E-state index contributed by atoms with van der Waals surface area (Å²) in [4.78, 5) is 27.0. The first kappa shape index (κ1) is 13.4. The highest BCUT2D eigenvalue weighted by molar-refractivity contribution is 7.15. The molecule has 0 radical (unpaired) electrons. The van der Waals surface area contributed by atoms with Crippen molar-refractivity contribution in [2.24, 2.45) is 0 Å². The molecule has 21 heavy (non-hydrogen) atoms. The Morgan fingerprint density at radius 2 is 2.19 bits per heavy atom. The molecule has 106 valence electrons. The lowest BCUT2D eigenvalue weighted by atomic mass is 10.1. The Morgan fingerprint density at radius 3 is 2.90 bits per heavy atom. The summed E-state index contributed by atoms with van der Waals surface area (Å²) < 4.78 is 13.6. The monoisotopic (exact) mass is 304 g/mol. The third-order valence-electron chi connectivity index (χ3n) is 2.85. The van der Waals surface area contributed by atoms with E-state index in [1.165, 1.54) is 35.7 Å². The average Bonchev–Trinajstić information content (AvgIpc) is 2.85. The minimum absolute atomic E-state index is 0.0748. The molecule has 2 heterocycles. The maximum Gasteiger partial charge on any atom is 0.262 e. The molecule has 0 saturated carbocycles. The summed E-state index contributed by atoms with van der Waals surface area (Å²) in [6, 6.07) is 4.12. The molecule has 0 saturated heterocycles. The number of H-pyrrole nitrogens is 1. The number of hydrogen-bond acceptors (Lipinski definition) is 5. The second-order valence-electron chi connectivity index (χ2n) is 4.27. The predicted octanol–water partition coefficient (Wildman–Crippen LogP) is 2.08. The van der Waals surface area contributed by atoms with Gasteiger partial charge in [-0.05, 0) is 19.1 Å². The number of para-hydroxylation sites is 1. The Morgan fingerprint density at radius 1 is 1.38 bits per heavy atom. The predicted molar refractivity (Wildman–Crippen MR) is 77.1 cm³/mol. The smallest absolute Gasteiger partial charge is 0.262 e. The van der Waals surface area contributed by atoms with Crippen LogP contribution >= 0.6 is 11.3 Å². The van der Waals surface area contributed by atoms with Crippen LogP contribution in [0.2, 0.25) is 0 Å². The van der Waals surface area contributed by atoms with Crippen molar-refractivity contribution in [1.29, 1.82) is 0 Å². The lowest BCUT2D eigenvalue weighted by Crippen LogP contribution is -2.22. The van der Waals surface area contributed by atoms with Crippen LogP contribution in [0.3, 0.4) is 0 Å². The van der Waals surface area contributed by atoms with Crippen LogP contribution in [0.25, 0.3) is 10.9 Å². The molecule has 6 nitrogen and oxygen atoms in total. The standard InChI is InChI=1S/C13H9FN4O2S/c1-6-17-18-13(21-6)16-12(20)8-5-15-10-7(11(8)19)3-2-4-9(10)14/h2-5H,1H3,(H,15,19)(H,16,18,20). The van der Waals surface area contributed by atoms with Gasteiger partial charge in [-0.25, -0.2) is 4.39 Å². The van der Waals surface area contributed by atoms with Crippen LogP contribution in [-0.4, -0.2) is 21.1 Å².